The van der Waals surface area contributed by atoms with Gasteiger partial charge < -0.3 is 14.7 Å². The monoisotopic (exact) mass is 521 g/mol. The average Bonchev–Trinajstić information content (AvgIpc) is 3.73. The third kappa shape index (κ3) is 4.23. The van der Waals surface area contributed by atoms with Crippen LogP contribution in [0.5, 0.6) is 0 Å². The number of hydrogen-bond donors (Lipinski definition) is 3. The van der Waals surface area contributed by atoms with Gasteiger partial charge >= 0.3 is 0 Å². The molecule has 5 heterocycles. The van der Waals surface area contributed by atoms with Crippen LogP contribution in [0.1, 0.15) is 32.1 Å². The second-order valence-corrected chi connectivity index (χ2v) is 9.89. The van der Waals surface area contributed by atoms with Gasteiger partial charge in [0.1, 0.15) is 11.2 Å². The van der Waals surface area contributed by atoms with E-state index in [4.69, 9.17) is 4.42 Å². The summed E-state index contributed by atoms with van der Waals surface area (Å²) in [4.78, 5) is 29.4. The van der Waals surface area contributed by atoms with Crippen LogP contribution in [0.3, 0.4) is 0 Å². The number of nitrogens with zero attached hydrogens (tertiary/aromatic N) is 4. The van der Waals surface area contributed by atoms with E-state index < -0.39 is 5.82 Å². The molecule has 39 heavy (non-hydrogen) atoms. The summed E-state index contributed by atoms with van der Waals surface area (Å²) in [6.45, 7) is 0. The fraction of sp³-hybridized carbons (Fsp3) is 0.207. The zero-order chi connectivity index (χ0) is 26.3. The Kier molecular flexibility index (Phi) is 5.65. The predicted molar refractivity (Wildman–Crippen MR) is 145 cm³/mol. The van der Waals surface area contributed by atoms with Gasteiger partial charge in [-0.3, -0.25) is 14.9 Å². The van der Waals surface area contributed by atoms with Crippen LogP contribution in [0, 0.1) is 11.7 Å². The third-order valence-electron chi connectivity index (χ3n) is 7.39. The second-order valence-electron chi connectivity index (χ2n) is 9.89. The van der Waals surface area contributed by atoms with Crippen molar-refractivity contribution in [3.8, 4) is 33.8 Å². The highest BCUT2D eigenvalue weighted by molar-refractivity contribution is 5.98. The molecule has 1 aliphatic rings. The van der Waals surface area contributed by atoms with Gasteiger partial charge in [-0.2, -0.15) is 5.10 Å². The Bertz CT molecular complexity index is 1820. The number of rotatable bonds is 5. The van der Waals surface area contributed by atoms with E-state index in [-0.39, 0.29) is 17.3 Å². The quantitative estimate of drug-likeness (QED) is 0.238. The van der Waals surface area contributed by atoms with Crippen LogP contribution in [0.15, 0.2) is 65.9 Å². The smallest absolute Gasteiger partial charge is 0.227 e. The molecule has 0 spiro atoms. The minimum absolute atomic E-state index is 0.0145. The van der Waals surface area contributed by atoms with Crippen LogP contribution < -0.4 is 5.32 Å². The minimum atomic E-state index is -0.477. The molecule has 1 amide bonds. The second kappa shape index (κ2) is 9.46. The number of carbonyl (C=O) groups is 1. The Morgan fingerprint density at radius 3 is 2.79 bits per heavy atom. The van der Waals surface area contributed by atoms with Gasteiger partial charge in [0.25, 0.3) is 0 Å². The van der Waals surface area contributed by atoms with Crippen molar-refractivity contribution < 1.29 is 13.6 Å². The van der Waals surface area contributed by atoms with Crippen molar-refractivity contribution in [1.82, 2.24) is 30.1 Å². The molecule has 0 aliphatic heterocycles. The van der Waals surface area contributed by atoms with Crippen LogP contribution in [-0.2, 0) is 4.79 Å². The summed E-state index contributed by atoms with van der Waals surface area (Å²) >= 11 is 0. The van der Waals surface area contributed by atoms with E-state index in [0.29, 0.717) is 39.4 Å². The normalized spacial score (nSPS) is 14.3. The van der Waals surface area contributed by atoms with E-state index in [1.54, 1.807) is 31.1 Å². The number of furan rings is 1. The maximum atomic E-state index is 15.2. The number of aromatic amines is 2. The lowest BCUT2D eigenvalue weighted by atomic mass is 9.88. The van der Waals surface area contributed by atoms with Crippen molar-refractivity contribution in [3.05, 3.63) is 67.3 Å². The summed E-state index contributed by atoms with van der Waals surface area (Å²) in [6, 6.07) is 8.83. The van der Waals surface area contributed by atoms with Gasteiger partial charge in [-0.1, -0.05) is 19.3 Å². The van der Waals surface area contributed by atoms with E-state index in [9.17, 15) is 4.79 Å². The molecule has 3 N–H and O–H groups in total. The number of imidazole rings is 1. The lowest BCUT2D eigenvalue weighted by Crippen LogP contribution is -2.24. The fourth-order valence-electron chi connectivity index (χ4n) is 5.39. The van der Waals surface area contributed by atoms with E-state index in [1.807, 2.05) is 24.3 Å². The van der Waals surface area contributed by atoms with Crippen molar-refractivity contribution in [3.63, 3.8) is 0 Å². The Morgan fingerprint density at radius 2 is 1.95 bits per heavy atom. The SMILES string of the molecule is O=C(Nc1cncc(-c2cc(F)c3n[nH]c(-c4nc5nccc(-c6ccoc6)c5[nH]4)c3c2)c1)C1CCCCC1. The minimum Gasteiger partial charge on any atom is -0.472 e. The number of halogens is 1. The third-order valence-corrected chi connectivity index (χ3v) is 7.39. The number of pyridine rings is 2. The summed E-state index contributed by atoms with van der Waals surface area (Å²) in [5.41, 5.74) is 5.65. The number of benzene rings is 1. The summed E-state index contributed by atoms with van der Waals surface area (Å²) in [6.07, 6.45) is 13.4. The lowest BCUT2D eigenvalue weighted by molar-refractivity contribution is -0.120. The highest BCUT2D eigenvalue weighted by Gasteiger charge is 2.22. The topological polar surface area (TPSA) is 125 Å². The maximum Gasteiger partial charge on any atom is 0.227 e. The molecule has 194 valence electrons. The van der Waals surface area contributed by atoms with Crippen molar-refractivity contribution in [1.29, 1.82) is 0 Å². The first-order valence-corrected chi connectivity index (χ1v) is 13.0. The van der Waals surface area contributed by atoms with Crippen LogP contribution >= 0.6 is 0 Å². The molecule has 5 aromatic heterocycles. The largest absolute Gasteiger partial charge is 0.472 e. The standard InChI is InChI=1S/C29H24FN7O2/c30-23-12-18(19-10-20(14-31-13-19)33-29(38)16-4-2-1-3-5-16)11-22-24(23)36-37-26(22)28-34-25-21(17-7-9-39-15-17)6-8-32-27(25)35-28/h6-16H,1-5H2,(H,33,38)(H,36,37)(H,32,34,35). The number of amides is 1. The number of nitrogens with one attached hydrogen (secondary N) is 3. The molecule has 10 heteroatoms. The average molecular weight is 522 g/mol. The molecule has 0 saturated heterocycles. The highest BCUT2D eigenvalue weighted by Crippen LogP contribution is 2.34. The maximum absolute atomic E-state index is 15.2. The molecular weight excluding hydrogens is 497 g/mol. The first-order chi connectivity index (χ1) is 19.1. The van der Waals surface area contributed by atoms with Crippen molar-refractivity contribution in [2.24, 2.45) is 5.92 Å². The zero-order valence-corrected chi connectivity index (χ0v) is 20.9. The molecular formula is C29H24FN7O2. The molecule has 6 aromatic rings. The first-order valence-electron chi connectivity index (χ1n) is 13.0. The summed E-state index contributed by atoms with van der Waals surface area (Å²) < 4.78 is 20.5. The molecule has 1 fully saturated rings. The molecule has 1 saturated carbocycles. The van der Waals surface area contributed by atoms with Crippen LogP contribution in [0.2, 0.25) is 0 Å². The van der Waals surface area contributed by atoms with E-state index in [0.717, 1.165) is 42.3 Å². The number of fused-ring (bicyclic) bond motifs is 2. The Morgan fingerprint density at radius 1 is 1.05 bits per heavy atom. The number of H-pyrrole nitrogens is 2. The van der Waals surface area contributed by atoms with Gasteiger partial charge in [0.05, 0.1) is 29.9 Å². The molecule has 0 unspecified atom stereocenters. The number of anilines is 1. The Labute approximate surface area is 221 Å². The van der Waals surface area contributed by atoms with E-state index >= 15 is 4.39 Å². The molecule has 9 nitrogen and oxygen atoms in total. The zero-order valence-electron chi connectivity index (χ0n) is 20.9. The molecule has 7 rings (SSSR count). The molecule has 1 aliphatic carbocycles. The van der Waals surface area contributed by atoms with Crippen molar-refractivity contribution in [2.45, 2.75) is 32.1 Å². The first kappa shape index (κ1) is 23.3. The summed E-state index contributed by atoms with van der Waals surface area (Å²) in [5, 5.41) is 10.7. The number of carbonyl (C=O) groups excluding carboxylic acids is 1. The summed E-state index contributed by atoms with van der Waals surface area (Å²) in [7, 11) is 0. The van der Waals surface area contributed by atoms with Crippen molar-refractivity contribution in [2.75, 3.05) is 5.32 Å². The van der Waals surface area contributed by atoms with Gasteiger partial charge in [0, 0.05) is 40.4 Å². The molecule has 0 radical (unpaired) electrons. The highest BCUT2D eigenvalue weighted by atomic mass is 19.1. The van der Waals surface area contributed by atoms with Gasteiger partial charge in [-0.25, -0.2) is 14.4 Å². The molecule has 0 atom stereocenters. The van der Waals surface area contributed by atoms with Gasteiger partial charge in [-0.15, -0.1) is 0 Å². The van der Waals surface area contributed by atoms with E-state index in [1.165, 1.54) is 12.5 Å². The predicted octanol–water partition coefficient (Wildman–Crippen LogP) is 6.48. The Balaban J connectivity index is 1.25. The summed E-state index contributed by atoms with van der Waals surface area (Å²) in [5.74, 6) is 0.0479. The van der Waals surface area contributed by atoms with Crippen LogP contribution in [0.4, 0.5) is 10.1 Å². The van der Waals surface area contributed by atoms with Crippen LogP contribution in [-0.4, -0.2) is 36.0 Å². The fourth-order valence-corrected chi connectivity index (χ4v) is 5.39. The van der Waals surface area contributed by atoms with Crippen LogP contribution in [0.25, 0.3) is 55.8 Å². The van der Waals surface area contributed by atoms with E-state index in [2.05, 4.69) is 35.5 Å². The molecule has 1 aromatic carbocycles. The van der Waals surface area contributed by atoms with Gasteiger partial charge in [-0.05, 0) is 48.7 Å². The number of hydrogen-bond acceptors (Lipinski definition) is 6. The van der Waals surface area contributed by atoms with Gasteiger partial charge in [0.15, 0.2) is 17.3 Å². The Hall–Kier alpha value is -4.86. The lowest BCUT2D eigenvalue weighted by Gasteiger charge is -2.20. The van der Waals surface area contributed by atoms with Crippen molar-refractivity contribution >= 4 is 33.7 Å². The van der Waals surface area contributed by atoms with Gasteiger partial charge in [0.2, 0.25) is 5.91 Å². The molecule has 0 bridgehead atoms. The number of aromatic nitrogens is 6.